The number of nitrogens with zero attached hydrogens (tertiary/aromatic N) is 1. The topological polar surface area (TPSA) is 86.7 Å². The summed E-state index contributed by atoms with van der Waals surface area (Å²) in [5, 5.41) is 10.6. The lowest BCUT2D eigenvalue weighted by Gasteiger charge is -2.41. The predicted octanol–water partition coefficient (Wildman–Crippen LogP) is 2.49. The molecule has 0 radical (unpaired) electrons. The van der Waals surface area contributed by atoms with Crippen LogP contribution < -0.4 is 18.9 Å². The minimum absolute atomic E-state index is 0.0493. The molecule has 8 nitrogen and oxygen atoms in total. The van der Waals surface area contributed by atoms with Crippen molar-refractivity contribution in [1.82, 2.24) is 4.90 Å². The number of aliphatic hydroxyl groups is 1. The van der Waals surface area contributed by atoms with Gasteiger partial charge in [0.05, 0.1) is 41.7 Å². The monoisotopic (exact) mass is 471 g/mol. The lowest BCUT2D eigenvalue weighted by molar-refractivity contribution is -0.142. The van der Waals surface area contributed by atoms with Gasteiger partial charge >= 0.3 is 0 Å². The van der Waals surface area contributed by atoms with E-state index in [0.29, 0.717) is 55.7 Å². The fourth-order valence-corrected chi connectivity index (χ4v) is 5.25. The second-order valence-electron chi connectivity index (χ2n) is 8.59. The second kappa shape index (κ2) is 10.5. The number of morpholine rings is 1. The number of hydrogen-bond donors (Lipinski definition) is 1. The van der Waals surface area contributed by atoms with Crippen LogP contribution in [0, 0.1) is 11.8 Å². The lowest BCUT2D eigenvalue weighted by atomic mass is 9.66. The first-order valence-electron chi connectivity index (χ1n) is 11.5. The molecule has 2 aliphatic rings. The molecule has 1 aliphatic carbocycles. The molecule has 34 heavy (non-hydrogen) atoms. The van der Waals surface area contributed by atoms with E-state index in [9.17, 15) is 9.90 Å². The molecule has 1 N–H and O–H groups in total. The largest absolute Gasteiger partial charge is 0.493 e. The molecule has 8 heteroatoms. The predicted molar refractivity (Wildman–Crippen MR) is 126 cm³/mol. The van der Waals surface area contributed by atoms with Crippen molar-refractivity contribution in [3.05, 3.63) is 47.0 Å². The molecule has 184 valence electrons. The second-order valence-corrected chi connectivity index (χ2v) is 8.59. The Morgan fingerprint density at radius 3 is 2.18 bits per heavy atom. The van der Waals surface area contributed by atoms with Crippen LogP contribution in [0.5, 0.6) is 23.0 Å². The first kappa shape index (κ1) is 24.2. The van der Waals surface area contributed by atoms with Crippen LogP contribution in [-0.4, -0.2) is 77.3 Å². The van der Waals surface area contributed by atoms with Crippen LogP contribution in [0.2, 0.25) is 0 Å². The van der Waals surface area contributed by atoms with Gasteiger partial charge in [0.2, 0.25) is 5.91 Å². The Labute approximate surface area is 200 Å². The van der Waals surface area contributed by atoms with Gasteiger partial charge in [0, 0.05) is 37.5 Å². The van der Waals surface area contributed by atoms with Gasteiger partial charge in [0.25, 0.3) is 0 Å². The molecule has 1 aliphatic heterocycles. The molecule has 1 heterocycles. The fourth-order valence-electron chi connectivity index (χ4n) is 5.25. The van der Waals surface area contributed by atoms with Gasteiger partial charge in [-0.3, -0.25) is 4.79 Å². The Morgan fingerprint density at radius 2 is 1.56 bits per heavy atom. The molecule has 2 aromatic rings. The third-order valence-electron chi connectivity index (χ3n) is 6.98. The normalized spacial score (nSPS) is 22.0. The van der Waals surface area contributed by atoms with Crippen molar-refractivity contribution in [2.75, 3.05) is 61.3 Å². The maximum absolute atomic E-state index is 13.7. The first-order chi connectivity index (χ1) is 16.6. The number of fused-ring (bicyclic) bond motifs is 1. The molecular formula is C26H33NO7. The van der Waals surface area contributed by atoms with Crippen LogP contribution in [0.3, 0.4) is 0 Å². The van der Waals surface area contributed by atoms with Crippen molar-refractivity contribution >= 4 is 5.91 Å². The number of carbonyl (C=O) groups is 1. The van der Waals surface area contributed by atoms with Gasteiger partial charge in [-0.15, -0.1) is 0 Å². The standard InChI is InChI=1S/C26H33NO7/c1-30-21-6-5-16(12-22(21)31-2)25-18-14-24(33-4)23(32-3)13-17(18)11-19(20(25)15-28)26(29)27-7-9-34-10-8-27/h5-6,12-14,19-20,25,28H,7-11,15H2,1-4H3/t19-,20-,25+/m0/s1. The number of ether oxygens (including phenoxy) is 5. The molecule has 4 rings (SSSR count). The lowest BCUT2D eigenvalue weighted by Crippen LogP contribution is -2.48. The summed E-state index contributed by atoms with van der Waals surface area (Å²) >= 11 is 0. The van der Waals surface area contributed by atoms with Crippen LogP contribution >= 0.6 is 0 Å². The molecule has 0 saturated carbocycles. The zero-order chi connectivity index (χ0) is 24.2. The van der Waals surface area contributed by atoms with Crippen molar-refractivity contribution in [3.63, 3.8) is 0 Å². The van der Waals surface area contributed by atoms with E-state index in [1.54, 1.807) is 28.4 Å². The van der Waals surface area contributed by atoms with Gasteiger partial charge in [-0.2, -0.15) is 0 Å². The van der Waals surface area contributed by atoms with Gasteiger partial charge in [-0.05, 0) is 47.4 Å². The van der Waals surface area contributed by atoms with Gasteiger partial charge in [0.1, 0.15) is 0 Å². The number of amides is 1. The van der Waals surface area contributed by atoms with Crippen molar-refractivity contribution in [2.45, 2.75) is 12.3 Å². The van der Waals surface area contributed by atoms with Crippen LogP contribution in [0.1, 0.15) is 22.6 Å². The molecule has 1 fully saturated rings. The summed E-state index contributed by atoms with van der Waals surface area (Å²) in [6.45, 7) is 2.06. The molecule has 0 aromatic heterocycles. The van der Waals surface area contributed by atoms with E-state index in [-0.39, 0.29) is 30.3 Å². The Bertz CT molecular complexity index is 1020. The fraction of sp³-hybridized carbons (Fsp3) is 0.500. The SMILES string of the molecule is COc1ccc([C@@H]2c3cc(OC)c(OC)cc3C[C@H](C(=O)N3CCOCC3)[C@@H]2CO)cc1OC. The molecule has 0 unspecified atom stereocenters. The third-order valence-corrected chi connectivity index (χ3v) is 6.98. The van der Waals surface area contributed by atoms with Gasteiger partial charge in [-0.1, -0.05) is 6.07 Å². The summed E-state index contributed by atoms with van der Waals surface area (Å²) in [5.74, 6) is 1.55. The molecule has 1 amide bonds. The van der Waals surface area contributed by atoms with Gasteiger partial charge in [0.15, 0.2) is 23.0 Å². The molecule has 2 aromatic carbocycles. The Kier molecular flexibility index (Phi) is 7.48. The highest BCUT2D eigenvalue weighted by Gasteiger charge is 2.43. The maximum atomic E-state index is 13.7. The minimum Gasteiger partial charge on any atom is -0.493 e. The van der Waals surface area contributed by atoms with E-state index < -0.39 is 0 Å². The van der Waals surface area contributed by atoms with Crippen LogP contribution in [-0.2, 0) is 16.0 Å². The van der Waals surface area contributed by atoms with E-state index in [4.69, 9.17) is 23.7 Å². The van der Waals surface area contributed by atoms with Crippen molar-refractivity contribution in [2.24, 2.45) is 11.8 Å². The molecule has 3 atom stereocenters. The summed E-state index contributed by atoms with van der Waals surface area (Å²) in [4.78, 5) is 15.5. The first-order valence-corrected chi connectivity index (χ1v) is 11.5. The van der Waals surface area contributed by atoms with Crippen LogP contribution in [0.4, 0.5) is 0 Å². The summed E-state index contributed by atoms with van der Waals surface area (Å²) in [7, 11) is 6.40. The number of carbonyl (C=O) groups excluding carboxylic acids is 1. The van der Waals surface area contributed by atoms with E-state index >= 15 is 0 Å². The molecule has 0 spiro atoms. The van der Waals surface area contributed by atoms with Crippen molar-refractivity contribution in [1.29, 1.82) is 0 Å². The van der Waals surface area contributed by atoms with E-state index in [1.807, 2.05) is 35.2 Å². The van der Waals surface area contributed by atoms with Crippen molar-refractivity contribution in [3.8, 4) is 23.0 Å². The maximum Gasteiger partial charge on any atom is 0.226 e. The molecule has 0 bridgehead atoms. The van der Waals surface area contributed by atoms with Gasteiger partial charge in [-0.25, -0.2) is 0 Å². The highest BCUT2D eigenvalue weighted by atomic mass is 16.5. The Balaban J connectivity index is 1.85. The number of aliphatic hydroxyl groups excluding tert-OH is 1. The average molecular weight is 472 g/mol. The number of benzene rings is 2. The number of hydrogen-bond acceptors (Lipinski definition) is 7. The summed E-state index contributed by atoms with van der Waals surface area (Å²) in [5.41, 5.74) is 2.95. The highest BCUT2D eigenvalue weighted by molar-refractivity contribution is 5.80. The quantitative estimate of drug-likeness (QED) is 0.664. The van der Waals surface area contributed by atoms with Gasteiger partial charge < -0.3 is 33.7 Å². The highest BCUT2D eigenvalue weighted by Crippen LogP contribution is 2.48. The summed E-state index contributed by atoms with van der Waals surface area (Å²) in [6.07, 6.45) is 0.515. The summed E-state index contributed by atoms with van der Waals surface area (Å²) < 4.78 is 27.6. The number of methoxy groups -OCH3 is 4. The Morgan fingerprint density at radius 1 is 0.941 bits per heavy atom. The molecule has 1 saturated heterocycles. The zero-order valence-electron chi connectivity index (χ0n) is 20.2. The van der Waals surface area contributed by atoms with E-state index in [1.165, 1.54) is 0 Å². The third kappa shape index (κ3) is 4.40. The van der Waals surface area contributed by atoms with E-state index in [0.717, 1.165) is 16.7 Å². The van der Waals surface area contributed by atoms with Crippen molar-refractivity contribution < 1.29 is 33.6 Å². The zero-order valence-corrected chi connectivity index (χ0v) is 20.2. The summed E-state index contributed by atoms with van der Waals surface area (Å²) in [6, 6.07) is 9.67. The molecular weight excluding hydrogens is 438 g/mol. The minimum atomic E-state index is -0.383. The smallest absolute Gasteiger partial charge is 0.226 e. The Hall–Kier alpha value is -2.97. The van der Waals surface area contributed by atoms with Crippen LogP contribution in [0.25, 0.3) is 0 Å². The number of rotatable bonds is 7. The van der Waals surface area contributed by atoms with E-state index in [2.05, 4.69) is 0 Å². The average Bonchev–Trinajstić information content (AvgIpc) is 2.90. The van der Waals surface area contributed by atoms with Crippen LogP contribution in [0.15, 0.2) is 30.3 Å².